The van der Waals surface area contributed by atoms with Gasteiger partial charge in [0.2, 0.25) is 0 Å². The van der Waals surface area contributed by atoms with Crippen molar-refractivity contribution >= 4 is 11.7 Å². The van der Waals surface area contributed by atoms with E-state index in [-0.39, 0.29) is 5.91 Å². The molecule has 3 aromatic heterocycles. The molecule has 0 unspecified atom stereocenters. The number of fused-ring (bicyclic) bond motifs is 5. The molecule has 33 heavy (non-hydrogen) atoms. The maximum absolute atomic E-state index is 13.3. The Morgan fingerprint density at radius 2 is 2.03 bits per heavy atom. The van der Waals surface area contributed by atoms with E-state index in [1.807, 2.05) is 53.6 Å². The molecular weight excluding hydrogens is 416 g/mol. The van der Waals surface area contributed by atoms with Crippen LogP contribution in [0.2, 0.25) is 0 Å². The van der Waals surface area contributed by atoms with Crippen molar-refractivity contribution in [3.8, 4) is 23.0 Å². The summed E-state index contributed by atoms with van der Waals surface area (Å²) in [5.41, 5.74) is 3.18. The fourth-order valence-corrected chi connectivity index (χ4v) is 4.15. The van der Waals surface area contributed by atoms with Gasteiger partial charge in [-0.3, -0.25) is 4.79 Å². The highest BCUT2D eigenvalue weighted by Gasteiger charge is 2.26. The van der Waals surface area contributed by atoms with Gasteiger partial charge in [0.25, 0.3) is 5.91 Å². The molecule has 2 aliphatic rings. The minimum Gasteiger partial charge on any atom is -0.493 e. The molecule has 0 spiro atoms. The fourth-order valence-electron chi connectivity index (χ4n) is 4.15. The number of benzene rings is 1. The molecule has 1 aromatic carbocycles. The van der Waals surface area contributed by atoms with E-state index in [0.717, 1.165) is 42.3 Å². The lowest BCUT2D eigenvalue weighted by atomic mass is 10.1. The lowest BCUT2D eigenvalue weighted by Crippen LogP contribution is -2.16. The number of rotatable bonds is 2. The monoisotopic (exact) mass is 440 g/mol. The topological polar surface area (TPSA) is 86.9 Å². The quantitative estimate of drug-likeness (QED) is 0.498. The summed E-state index contributed by atoms with van der Waals surface area (Å²) in [7, 11) is 0. The van der Waals surface area contributed by atoms with Crippen molar-refractivity contribution in [2.75, 3.05) is 11.9 Å². The average molecular weight is 441 g/mol. The first-order chi connectivity index (χ1) is 16.2. The maximum Gasteiger partial charge on any atom is 0.260 e. The van der Waals surface area contributed by atoms with E-state index in [9.17, 15) is 4.79 Å². The third-order valence-electron chi connectivity index (χ3n) is 6.09. The van der Waals surface area contributed by atoms with E-state index in [1.54, 1.807) is 12.3 Å². The van der Waals surface area contributed by atoms with Gasteiger partial charge < -0.3 is 19.2 Å². The molecule has 2 bridgehead atoms. The number of aromatic nitrogens is 5. The standard InChI is InChI=1S/C25H24N6O2/c32-25-19-14-18(31-15-21(27-16-31)17-6-7-17)8-9-22(19)33-13-2-1-11-30-12-10-26-24(30)20-4-3-5-23(28-20)29-25/h3-5,8-10,12,14-17H,1-2,6-7,11,13H2,(H,28,29,32). The smallest absolute Gasteiger partial charge is 0.260 e. The average Bonchev–Trinajstić information content (AvgIpc) is 3.37. The van der Waals surface area contributed by atoms with Gasteiger partial charge in [-0.05, 0) is 56.0 Å². The van der Waals surface area contributed by atoms with Crippen LogP contribution in [0.4, 0.5) is 5.82 Å². The van der Waals surface area contributed by atoms with Crippen LogP contribution < -0.4 is 10.1 Å². The van der Waals surface area contributed by atoms with E-state index >= 15 is 0 Å². The summed E-state index contributed by atoms with van der Waals surface area (Å²) in [6, 6.07) is 11.2. The van der Waals surface area contributed by atoms with Gasteiger partial charge in [-0.25, -0.2) is 15.0 Å². The zero-order chi connectivity index (χ0) is 22.2. The molecular formula is C25H24N6O2. The summed E-state index contributed by atoms with van der Waals surface area (Å²) in [4.78, 5) is 26.9. The molecule has 1 fully saturated rings. The van der Waals surface area contributed by atoms with Gasteiger partial charge in [-0.15, -0.1) is 0 Å². The number of nitrogens with one attached hydrogen (secondary N) is 1. The number of nitrogens with zero attached hydrogens (tertiary/aromatic N) is 5. The van der Waals surface area contributed by atoms with E-state index in [1.165, 1.54) is 12.8 Å². The third-order valence-corrected chi connectivity index (χ3v) is 6.09. The van der Waals surface area contributed by atoms with Crippen LogP contribution in [0.1, 0.15) is 47.7 Å². The van der Waals surface area contributed by atoms with E-state index in [4.69, 9.17) is 4.74 Å². The Morgan fingerprint density at radius 3 is 2.94 bits per heavy atom. The van der Waals surface area contributed by atoms with E-state index in [2.05, 4.69) is 24.8 Å². The number of carbonyl (C=O) groups is 1. The van der Waals surface area contributed by atoms with Crippen LogP contribution in [-0.4, -0.2) is 36.6 Å². The minimum absolute atomic E-state index is 0.264. The molecule has 0 saturated heterocycles. The normalized spacial score (nSPS) is 16.2. The van der Waals surface area contributed by atoms with Crippen molar-refractivity contribution in [3.05, 3.63) is 72.6 Å². The second-order valence-electron chi connectivity index (χ2n) is 8.52. The third kappa shape index (κ3) is 4.00. The summed E-state index contributed by atoms with van der Waals surface area (Å²) in [6.45, 7) is 1.36. The van der Waals surface area contributed by atoms with Crippen LogP contribution in [0.5, 0.6) is 5.75 Å². The first-order valence-corrected chi connectivity index (χ1v) is 11.4. The maximum atomic E-state index is 13.3. The van der Waals surface area contributed by atoms with Crippen molar-refractivity contribution < 1.29 is 9.53 Å². The second kappa shape index (κ2) is 8.20. The highest BCUT2D eigenvalue weighted by atomic mass is 16.5. The molecule has 6 rings (SSSR count). The molecule has 1 aliphatic carbocycles. The van der Waals surface area contributed by atoms with Gasteiger partial charge >= 0.3 is 0 Å². The van der Waals surface area contributed by atoms with Crippen molar-refractivity contribution in [1.82, 2.24) is 24.1 Å². The number of amides is 1. The zero-order valence-corrected chi connectivity index (χ0v) is 18.1. The van der Waals surface area contributed by atoms with Gasteiger partial charge in [0.05, 0.1) is 24.2 Å². The summed E-state index contributed by atoms with van der Waals surface area (Å²) in [5, 5.41) is 2.94. The van der Waals surface area contributed by atoms with Crippen LogP contribution in [0.3, 0.4) is 0 Å². The summed E-state index contributed by atoms with van der Waals surface area (Å²) >= 11 is 0. The van der Waals surface area contributed by atoms with E-state index in [0.29, 0.717) is 29.7 Å². The molecule has 1 aliphatic heterocycles. The van der Waals surface area contributed by atoms with Gasteiger partial charge in [0, 0.05) is 36.7 Å². The number of pyridine rings is 1. The van der Waals surface area contributed by atoms with Crippen LogP contribution in [0, 0.1) is 0 Å². The number of imidazole rings is 2. The molecule has 0 radical (unpaired) electrons. The highest BCUT2D eigenvalue weighted by Crippen LogP contribution is 2.39. The Balaban J connectivity index is 1.36. The molecule has 0 atom stereocenters. The SMILES string of the molecule is O=C1Nc2cccc(n2)-c2nccn2CCCCOc2ccc(-n3cnc(C4CC4)c3)cc21. The zero-order valence-electron chi connectivity index (χ0n) is 18.1. The highest BCUT2D eigenvalue weighted by molar-refractivity contribution is 6.06. The van der Waals surface area contributed by atoms with Gasteiger partial charge in [-0.2, -0.15) is 0 Å². The predicted octanol–water partition coefficient (Wildman–Crippen LogP) is 4.43. The molecule has 8 heteroatoms. The summed E-state index contributed by atoms with van der Waals surface area (Å²) < 4.78 is 10.1. The number of hydrogen-bond donors (Lipinski definition) is 1. The number of aryl methyl sites for hydroxylation is 1. The Bertz CT molecular complexity index is 1320. The van der Waals surface area contributed by atoms with Crippen LogP contribution in [-0.2, 0) is 6.54 Å². The Labute approximate surface area is 191 Å². The molecule has 4 aromatic rings. The van der Waals surface area contributed by atoms with Crippen molar-refractivity contribution in [1.29, 1.82) is 0 Å². The summed E-state index contributed by atoms with van der Waals surface area (Å²) in [5.74, 6) is 2.14. The van der Waals surface area contributed by atoms with E-state index < -0.39 is 0 Å². The molecule has 166 valence electrons. The van der Waals surface area contributed by atoms with Gasteiger partial charge in [0.15, 0.2) is 5.82 Å². The molecule has 1 N–H and O–H groups in total. The first-order valence-electron chi connectivity index (χ1n) is 11.4. The molecule has 1 amide bonds. The largest absolute Gasteiger partial charge is 0.493 e. The minimum atomic E-state index is -0.264. The Kier molecular flexibility index (Phi) is 4.90. The second-order valence-corrected chi connectivity index (χ2v) is 8.52. The summed E-state index contributed by atoms with van der Waals surface area (Å²) in [6.07, 6.45) is 11.8. The van der Waals surface area contributed by atoms with Crippen molar-refractivity contribution in [3.63, 3.8) is 0 Å². The fraction of sp³-hybridized carbons (Fsp3) is 0.280. The predicted molar refractivity (Wildman–Crippen MR) is 124 cm³/mol. The van der Waals surface area contributed by atoms with Gasteiger partial charge in [-0.1, -0.05) is 6.07 Å². The van der Waals surface area contributed by atoms with Crippen LogP contribution >= 0.6 is 0 Å². The molecule has 4 heterocycles. The molecule has 1 saturated carbocycles. The number of carbonyl (C=O) groups excluding carboxylic acids is 1. The Morgan fingerprint density at radius 1 is 1.09 bits per heavy atom. The Hall–Kier alpha value is -3.94. The van der Waals surface area contributed by atoms with Crippen molar-refractivity contribution in [2.24, 2.45) is 0 Å². The van der Waals surface area contributed by atoms with Crippen LogP contribution in [0.15, 0.2) is 61.3 Å². The number of anilines is 1. The lowest BCUT2D eigenvalue weighted by molar-refractivity contribution is 0.102. The molecule has 8 nitrogen and oxygen atoms in total. The van der Waals surface area contributed by atoms with Gasteiger partial charge in [0.1, 0.15) is 17.3 Å². The first kappa shape index (κ1) is 19.7. The van der Waals surface area contributed by atoms with Crippen LogP contribution in [0.25, 0.3) is 17.2 Å². The lowest BCUT2D eigenvalue weighted by Gasteiger charge is -2.15. The van der Waals surface area contributed by atoms with Crippen molar-refractivity contribution in [2.45, 2.75) is 38.1 Å². The number of hydrogen-bond acceptors (Lipinski definition) is 5. The number of ether oxygens (including phenoxy) is 1.